The van der Waals surface area contributed by atoms with Crippen molar-refractivity contribution >= 4 is 10.2 Å². The smallest absolute Gasteiger partial charge is 0.282 e. The molecule has 0 saturated carbocycles. The third kappa shape index (κ3) is 3.02. The molecule has 6 nitrogen and oxygen atoms in total. The van der Waals surface area contributed by atoms with Gasteiger partial charge >= 0.3 is 0 Å². The quantitative estimate of drug-likeness (QED) is 0.797. The average Bonchev–Trinajstić information content (AvgIpc) is 2.93. The van der Waals surface area contributed by atoms with Crippen molar-refractivity contribution in [3.8, 4) is 0 Å². The second-order valence-corrected chi connectivity index (χ2v) is 9.34. The van der Waals surface area contributed by atoms with Crippen molar-refractivity contribution in [3.05, 3.63) is 35.4 Å². The zero-order chi connectivity index (χ0) is 17.7. The zero-order valence-electron chi connectivity index (χ0n) is 14.8. The van der Waals surface area contributed by atoms with Gasteiger partial charge in [0.05, 0.1) is 12.2 Å². The molecule has 3 aliphatic rings. The van der Waals surface area contributed by atoms with Crippen molar-refractivity contribution in [2.45, 2.75) is 51.0 Å². The van der Waals surface area contributed by atoms with E-state index in [0.717, 1.165) is 18.4 Å². The molecule has 0 N–H and O–H groups in total. The Morgan fingerprint density at radius 2 is 1.92 bits per heavy atom. The minimum atomic E-state index is -3.52. The molecule has 1 spiro atoms. The van der Waals surface area contributed by atoms with Crippen molar-refractivity contribution in [2.24, 2.45) is 0 Å². The summed E-state index contributed by atoms with van der Waals surface area (Å²) in [6.07, 6.45) is 1.28. The van der Waals surface area contributed by atoms with Crippen molar-refractivity contribution in [1.82, 2.24) is 8.61 Å². The van der Waals surface area contributed by atoms with Crippen LogP contribution in [0.15, 0.2) is 24.3 Å². The van der Waals surface area contributed by atoms with Crippen LogP contribution < -0.4 is 0 Å². The van der Waals surface area contributed by atoms with E-state index in [0.29, 0.717) is 32.8 Å². The van der Waals surface area contributed by atoms with Gasteiger partial charge in [0.15, 0.2) is 0 Å². The largest absolute Gasteiger partial charge is 0.375 e. The molecular formula is C18H26N2O4S. The maximum absolute atomic E-state index is 13.3. The Balaban J connectivity index is 1.58. The van der Waals surface area contributed by atoms with E-state index in [1.165, 1.54) is 5.56 Å². The first-order valence-electron chi connectivity index (χ1n) is 9.02. The van der Waals surface area contributed by atoms with Crippen LogP contribution in [-0.2, 0) is 32.6 Å². The zero-order valence-corrected chi connectivity index (χ0v) is 15.7. The van der Waals surface area contributed by atoms with Crippen LogP contribution in [0.4, 0.5) is 0 Å². The molecule has 25 heavy (non-hydrogen) atoms. The van der Waals surface area contributed by atoms with Gasteiger partial charge in [-0.2, -0.15) is 17.0 Å². The van der Waals surface area contributed by atoms with Crippen LogP contribution in [0.1, 0.15) is 31.4 Å². The minimum Gasteiger partial charge on any atom is -0.375 e. The summed E-state index contributed by atoms with van der Waals surface area (Å²) >= 11 is 0. The highest BCUT2D eigenvalue weighted by Crippen LogP contribution is 2.36. The van der Waals surface area contributed by atoms with Crippen LogP contribution in [0, 0.1) is 0 Å². The number of rotatable bonds is 2. The summed E-state index contributed by atoms with van der Waals surface area (Å²) in [7, 11) is -3.52. The van der Waals surface area contributed by atoms with E-state index in [2.05, 4.69) is 6.07 Å². The summed E-state index contributed by atoms with van der Waals surface area (Å²) in [5.41, 5.74) is 1.84. The Hall–Kier alpha value is -0.990. The highest BCUT2D eigenvalue weighted by Gasteiger charge is 2.51. The molecule has 1 aromatic carbocycles. The lowest BCUT2D eigenvalue weighted by Crippen LogP contribution is -2.61. The van der Waals surface area contributed by atoms with E-state index in [1.807, 2.05) is 32.0 Å². The van der Waals surface area contributed by atoms with Crippen LogP contribution >= 0.6 is 0 Å². The van der Waals surface area contributed by atoms with E-state index < -0.39 is 15.8 Å². The number of benzene rings is 1. The summed E-state index contributed by atoms with van der Waals surface area (Å²) in [6.45, 7) is 6.30. The van der Waals surface area contributed by atoms with Gasteiger partial charge in [-0.15, -0.1) is 0 Å². The maximum Gasteiger partial charge on any atom is 0.282 e. The molecule has 2 saturated heterocycles. The summed E-state index contributed by atoms with van der Waals surface area (Å²) in [5.74, 6) is 0. The summed E-state index contributed by atoms with van der Waals surface area (Å²) in [4.78, 5) is 0. The SMILES string of the molecule is CC1CN(S(=O)(=O)N2CCc3ccccc3C2)CC2(CCOC2C)O1. The van der Waals surface area contributed by atoms with E-state index in [1.54, 1.807) is 8.61 Å². The van der Waals surface area contributed by atoms with Gasteiger partial charge in [-0.05, 0) is 31.4 Å². The lowest BCUT2D eigenvalue weighted by Gasteiger charge is -2.45. The number of hydrogen-bond acceptors (Lipinski definition) is 4. The molecule has 7 heteroatoms. The molecule has 138 valence electrons. The number of hydrogen-bond donors (Lipinski definition) is 0. The Bertz CT molecular complexity index is 753. The molecule has 1 aromatic rings. The fourth-order valence-electron chi connectivity index (χ4n) is 4.26. The first kappa shape index (κ1) is 17.4. The first-order valence-corrected chi connectivity index (χ1v) is 10.4. The van der Waals surface area contributed by atoms with Crippen molar-refractivity contribution in [2.75, 3.05) is 26.2 Å². The minimum absolute atomic E-state index is 0.0879. The molecule has 3 unspecified atom stereocenters. The van der Waals surface area contributed by atoms with E-state index in [4.69, 9.17) is 9.47 Å². The van der Waals surface area contributed by atoms with Crippen LogP contribution in [0.25, 0.3) is 0 Å². The number of ether oxygens (including phenoxy) is 2. The van der Waals surface area contributed by atoms with Crippen LogP contribution in [-0.4, -0.2) is 61.1 Å². The molecule has 0 amide bonds. The van der Waals surface area contributed by atoms with Gasteiger partial charge in [-0.25, -0.2) is 0 Å². The van der Waals surface area contributed by atoms with Gasteiger partial charge in [0.2, 0.25) is 0 Å². The summed E-state index contributed by atoms with van der Waals surface area (Å²) in [5, 5.41) is 0. The standard InChI is InChI=1S/C18H26N2O4S/c1-14-11-20(13-18(24-14)8-10-23-15(18)2)25(21,22)19-9-7-16-5-3-4-6-17(16)12-19/h3-6,14-15H,7-13H2,1-2H3. The summed E-state index contributed by atoms with van der Waals surface area (Å²) < 4.78 is 41.7. The Morgan fingerprint density at radius 3 is 2.64 bits per heavy atom. The fraction of sp³-hybridized carbons (Fsp3) is 0.667. The second kappa shape index (κ2) is 6.32. The normalized spacial score (nSPS) is 34.3. The number of morpholine rings is 1. The van der Waals surface area contributed by atoms with Crippen LogP contribution in [0.5, 0.6) is 0 Å². The molecule has 3 aliphatic heterocycles. The van der Waals surface area contributed by atoms with Gasteiger partial charge in [-0.3, -0.25) is 0 Å². The van der Waals surface area contributed by atoms with Gasteiger partial charge in [0, 0.05) is 39.2 Å². The maximum atomic E-state index is 13.3. The number of nitrogens with zero attached hydrogens (tertiary/aromatic N) is 2. The molecule has 4 rings (SSSR count). The van der Waals surface area contributed by atoms with E-state index >= 15 is 0 Å². The third-order valence-electron chi connectivity index (χ3n) is 5.72. The molecule has 3 atom stereocenters. The Kier molecular flexibility index (Phi) is 4.40. The molecular weight excluding hydrogens is 340 g/mol. The predicted octanol–water partition coefficient (Wildman–Crippen LogP) is 1.56. The predicted molar refractivity (Wildman–Crippen MR) is 94.4 cm³/mol. The molecule has 0 bridgehead atoms. The van der Waals surface area contributed by atoms with Gasteiger partial charge < -0.3 is 9.47 Å². The first-order chi connectivity index (χ1) is 11.9. The molecule has 0 aliphatic carbocycles. The third-order valence-corrected chi connectivity index (χ3v) is 7.62. The summed E-state index contributed by atoms with van der Waals surface area (Å²) in [6, 6.07) is 8.09. The molecule has 2 fully saturated rings. The fourth-order valence-corrected chi connectivity index (χ4v) is 5.99. The molecule has 3 heterocycles. The second-order valence-electron chi connectivity index (χ2n) is 7.41. The highest BCUT2D eigenvalue weighted by atomic mass is 32.2. The van der Waals surface area contributed by atoms with Crippen molar-refractivity contribution in [3.63, 3.8) is 0 Å². The Labute approximate surface area is 149 Å². The van der Waals surface area contributed by atoms with Gasteiger partial charge in [-0.1, -0.05) is 24.3 Å². The monoisotopic (exact) mass is 366 g/mol. The number of fused-ring (bicyclic) bond motifs is 1. The van der Waals surface area contributed by atoms with E-state index in [9.17, 15) is 8.42 Å². The van der Waals surface area contributed by atoms with Gasteiger partial charge in [0.25, 0.3) is 10.2 Å². The lowest BCUT2D eigenvalue weighted by molar-refractivity contribution is -0.154. The average molecular weight is 366 g/mol. The van der Waals surface area contributed by atoms with Crippen LogP contribution in [0.2, 0.25) is 0 Å². The van der Waals surface area contributed by atoms with Gasteiger partial charge in [0.1, 0.15) is 5.60 Å². The van der Waals surface area contributed by atoms with Crippen LogP contribution in [0.3, 0.4) is 0 Å². The molecule has 0 radical (unpaired) electrons. The highest BCUT2D eigenvalue weighted by molar-refractivity contribution is 7.86. The van der Waals surface area contributed by atoms with Crippen molar-refractivity contribution in [1.29, 1.82) is 0 Å². The molecule has 0 aromatic heterocycles. The topological polar surface area (TPSA) is 59.1 Å². The van der Waals surface area contributed by atoms with Crippen molar-refractivity contribution < 1.29 is 17.9 Å². The lowest BCUT2D eigenvalue weighted by atomic mass is 9.94. The Morgan fingerprint density at radius 1 is 1.16 bits per heavy atom. The van der Waals surface area contributed by atoms with E-state index in [-0.39, 0.29) is 12.2 Å².